The number of amides is 2. The summed E-state index contributed by atoms with van der Waals surface area (Å²) in [7, 11) is 0. The fourth-order valence-corrected chi connectivity index (χ4v) is 5.71. The number of alkyl halides is 1. The summed E-state index contributed by atoms with van der Waals surface area (Å²) in [6.07, 6.45) is 1.78. The molecule has 1 saturated heterocycles. The maximum atomic E-state index is 13.3. The Labute approximate surface area is 199 Å². The predicted octanol–water partition coefficient (Wildman–Crippen LogP) is 4.02. The number of hydrogen-bond acceptors (Lipinski definition) is 4. The van der Waals surface area contributed by atoms with E-state index in [-0.39, 0.29) is 17.9 Å². The van der Waals surface area contributed by atoms with Gasteiger partial charge < -0.3 is 9.80 Å². The van der Waals surface area contributed by atoms with Crippen molar-refractivity contribution in [3.8, 4) is 0 Å². The maximum absolute atomic E-state index is 13.3. The molecule has 172 valence electrons. The van der Waals surface area contributed by atoms with Gasteiger partial charge in [0.25, 0.3) is 0 Å². The molecule has 1 fully saturated rings. The number of hydrogen-bond donors (Lipinski definition) is 0. The van der Waals surface area contributed by atoms with E-state index in [2.05, 4.69) is 40.6 Å². The summed E-state index contributed by atoms with van der Waals surface area (Å²) < 4.78 is 0. The highest BCUT2D eigenvalue weighted by Crippen LogP contribution is 2.37. The third-order valence-corrected chi connectivity index (χ3v) is 8.23. The van der Waals surface area contributed by atoms with Crippen LogP contribution in [0.1, 0.15) is 42.3 Å². The number of benzene rings is 1. The lowest BCUT2D eigenvalue weighted by Gasteiger charge is -2.37. The van der Waals surface area contributed by atoms with Gasteiger partial charge in [-0.25, -0.2) is 0 Å². The van der Waals surface area contributed by atoms with Crippen LogP contribution in [0, 0.1) is 5.41 Å². The van der Waals surface area contributed by atoms with Gasteiger partial charge in [0.2, 0.25) is 11.8 Å². The number of carbonyl (C=O) groups excluding carboxylic acids is 2. The molecule has 0 saturated carbocycles. The van der Waals surface area contributed by atoms with Crippen molar-refractivity contribution in [1.82, 2.24) is 14.7 Å². The van der Waals surface area contributed by atoms with E-state index in [9.17, 15) is 9.59 Å². The molecular weight excluding hydrogens is 442 g/mol. The van der Waals surface area contributed by atoms with Gasteiger partial charge in [-0.15, -0.1) is 22.9 Å². The van der Waals surface area contributed by atoms with Gasteiger partial charge in [-0.05, 0) is 49.3 Å². The number of halogens is 1. The van der Waals surface area contributed by atoms with Crippen molar-refractivity contribution in [3.63, 3.8) is 0 Å². The minimum absolute atomic E-state index is 0.0759. The first-order valence-electron chi connectivity index (χ1n) is 11.4. The van der Waals surface area contributed by atoms with Crippen molar-refractivity contribution in [2.75, 3.05) is 45.1 Å². The van der Waals surface area contributed by atoms with E-state index >= 15 is 0 Å². The molecule has 2 amide bonds. The molecule has 1 atom stereocenters. The van der Waals surface area contributed by atoms with Crippen molar-refractivity contribution < 1.29 is 9.59 Å². The summed E-state index contributed by atoms with van der Waals surface area (Å²) in [5.41, 5.74) is 1.99. The normalized spacial score (nSPS) is 20.0. The first-order valence-corrected chi connectivity index (χ1v) is 12.8. The Morgan fingerprint density at radius 1 is 1.03 bits per heavy atom. The van der Waals surface area contributed by atoms with Gasteiger partial charge in [0, 0.05) is 43.5 Å². The van der Waals surface area contributed by atoms with Gasteiger partial charge in [-0.2, -0.15) is 0 Å². The SMILES string of the molecule is CC(C)(CCl)C(=O)N1CCCN(C(=O)CN2CCc3sccc3C2c2ccccc2)CC1. The average molecular weight is 474 g/mol. The quantitative estimate of drug-likeness (QED) is 0.616. The lowest BCUT2D eigenvalue weighted by Crippen LogP contribution is -2.46. The fourth-order valence-electron chi connectivity index (χ4n) is 4.69. The third kappa shape index (κ3) is 4.87. The molecular formula is C25H32ClN3O2S. The summed E-state index contributed by atoms with van der Waals surface area (Å²) in [6, 6.07) is 12.8. The Bertz CT molecular complexity index is 946. The molecule has 0 spiro atoms. The third-order valence-electron chi connectivity index (χ3n) is 6.57. The van der Waals surface area contributed by atoms with Gasteiger partial charge in [0.15, 0.2) is 0 Å². The first-order chi connectivity index (χ1) is 15.4. The summed E-state index contributed by atoms with van der Waals surface area (Å²) >= 11 is 7.82. The molecule has 32 heavy (non-hydrogen) atoms. The van der Waals surface area contributed by atoms with Crippen LogP contribution in [0.5, 0.6) is 0 Å². The van der Waals surface area contributed by atoms with Gasteiger partial charge in [-0.3, -0.25) is 14.5 Å². The largest absolute Gasteiger partial charge is 0.340 e. The molecule has 2 aliphatic rings. The van der Waals surface area contributed by atoms with Crippen molar-refractivity contribution in [3.05, 3.63) is 57.8 Å². The van der Waals surface area contributed by atoms with Crippen LogP contribution in [0.15, 0.2) is 41.8 Å². The molecule has 3 heterocycles. The molecule has 4 rings (SSSR count). The Kier molecular flexibility index (Phi) is 7.23. The summed E-state index contributed by atoms with van der Waals surface area (Å²) in [6.45, 7) is 7.56. The molecule has 5 nitrogen and oxygen atoms in total. The number of rotatable bonds is 5. The summed E-state index contributed by atoms with van der Waals surface area (Å²) in [5.74, 6) is 0.522. The van der Waals surface area contributed by atoms with E-state index in [4.69, 9.17) is 11.6 Å². The van der Waals surface area contributed by atoms with Crippen LogP contribution in [0.3, 0.4) is 0 Å². The van der Waals surface area contributed by atoms with Crippen LogP contribution in [0.2, 0.25) is 0 Å². The zero-order chi connectivity index (χ0) is 22.7. The monoisotopic (exact) mass is 473 g/mol. The zero-order valence-corrected chi connectivity index (χ0v) is 20.5. The lowest BCUT2D eigenvalue weighted by molar-refractivity contribution is -0.139. The van der Waals surface area contributed by atoms with E-state index in [1.54, 1.807) is 0 Å². The van der Waals surface area contributed by atoms with Crippen LogP contribution in [0.25, 0.3) is 0 Å². The zero-order valence-electron chi connectivity index (χ0n) is 18.9. The van der Waals surface area contributed by atoms with Crippen LogP contribution in [-0.4, -0.2) is 71.7 Å². The number of thiophene rings is 1. The molecule has 0 bridgehead atoms. The summed E-state index contributed by atoms with van der Waals surface area (Å²) in [4.78, 5) is 33.7. The van der Waals surface area contributed by atoms with E-state index in [1.807, 2.05) is 41.1 Å². The van der Waals surface area contributed by atoms with Crippen molar-refractivity contribution in [2.45, 2.75) is 32.7 Å². The molecule has 2 aliphatic heterocycles. The Morgan fingerprint density at radius 3 is 2.50 bits per heavy atom. The number of carbonyl (C=O) groups is 2. The topological polar surface area (TPSA) is 43.9 Å². The molecule has 0 radical (unpaired) electrons. The minimum atomic E-state index is -0.574. The summed E-state index contributed by atoms with van der Waals surface area (Å²) in [5, 5.41) is 2.16. The van der Waals surface area contributed by atoms with E-state index in [0.717, 1.165) is 19.4 Å². The van der Waals surface area contributed by atoms with Crippen LogP contribution >= 0.6 is 22.9 Å². The van der Waals surface area contributed by atoms with Gasteiger partial charge >= 0.3 is 0 Å². The van der Waals surface area contributed by atoms with Crippen LogP contribution in [0.4, 0.5) is 0 Å². The number of nitrogens with zero attached hydrogens (tertiary/aromatic N) is 3. The molecule has 1 aromatic heterocycles. The molecule has 0 aliphatic carbocycles. The van der Waals surface area contributed by atoms with Gasteiger partial charge in [0.05, 0.1) is 18.0 Å². The second-order valence-corrected chi connectivity index (χ2v) is 10.6. The van der Waals surface area contributed by atoms with Crippen LogP contribution < -0.4 is 0 Å². The average Bonchev–Trinajstić information content (AvgIpc) is 3.14. The fraction of sp³-hybridized carbons (Fsp3) is 0.520. The molecule has 0 N–H and O–H groups in total. The second-order valence-electron chi connectivity index (χ2n) is 9.38. The minimum Gasteiger partial charge on any atom is -0.340 e. The highest BCUT2D eigenvalue weighted by atomic mass is 35.5. The molecule has 7 heteroatoms. The smallest absolute Gasteiger partial charge is 0.236 e. The van der Waals surface area contributed by atoms with Gasteiger partial charge in [-0.1, -0.05) is 30.3 Å². The van der Waals surface area contributed by atoms with Gasteiger partial charge in [0.1, 0.15) is 0 Å². The highest BCUT2D eigenvalue weighted by molar-refractivity contribution is 7.10. The Balaban J connectivity index is 1.45. The Morgan fingerprint density at radius 2 is 1.75 bits per heavy atom. The van der Waals surface area contributed by atoms with E-state index in [0.29, 0.717) is 38.6 Å². The number of fused-ring (bicyclic) bond motifs is 1. The van der Waals surface area contributed by atoms with Crippen LogP contribution in [-0.2, 0) is 16.0 Å². The molecule has 1 unspecified atom stereocenters. The molecule has 1 aromatic carbocycles. The first kappa shape index (κ1) is 23.3. The lowest BCUT2D eigenvalue weighted by atomic mass is 9.93. The second kappa shape index (κ2) is 9.94. The Hall–Kier alpha value is -1.89. The predicted molar refractivity (Wildman–Crippen MR) is 130 cm³/mol. The van der Waals surface area contributed by atoms with Crippen molar-refractivity contribution in [1.29, 1.82) is 0 Å². The van der Waals surface area contributed by atoms with Crippen molar-refractivity contribution >= 4 is 34.8 Å². The maximum Gasteiger partial charge on any atom is 0.236 e. The standard InChI is InChI=1S/C25H32ClN3O2S/c1-25(2,18-26)24(31)28-12-6-11-27(14-15-28)22(30)17-29-13-9-21-20(10-16-32-21)23(29)19-7-4-3-5-8-19/h3-5,7-8,10,16,23H,6,9,11-15,17-18H2,1-2H3. The molecule has 2 aromatic rings. The highest BCUT2D eigenvalue weighted by Gasteiger charge is 2.34. The van der Waals surface area contributed by atoms with Crippen molar-refractivity contribution in [2.24, 2.45) is 5.41 Å². The van der Waals surface area contributed by atoms with E-state index < -0.39 is 5.41 Å². The van der Waals surface area contributed by atoms with E-state index in [1.165, 1.54) is 16.0 Å².